The molecule has 0 amide bonds. The number of aliphatic hydroxyl groups excluding tert-OH is 1. The van der Waals surface area contributed by atoms with E-state index in [0.29, 0.717) is 6.54 Å². The maximum Gasteiger partial charge on any atom is 0.0874 e. The zero-order chi connectivity index (χ0) is 11.8. The van der Waals surface area contributed by atoms with E-state index in [2.05, 4.69) is 11.9 Å². The molecule has 16 heavy (non-hydrogen) atoms. The summed E-state index contributed by atoms with van der Waals surface area (Å²) in [6.45, 7) is 4.39. The van der Waals surface area contributed by atoms with E-state index >= 15 is 0 Å². The molecule has 88 valence electrons. The van der Waals surface area contributed by atoms with Crippen molar-refractivity contribution in [2.75, 3.05) is 20.3 Å². The van der Waals surface area contributed by atoms with Crippen molar-refractivity contribution in [3.8, 4) is 0 Å². The third-order valence-electron chi connectivity index (χ3n) is 2.52. The van der Waals surface area contributed by atoms with E-state index in [4.69, 9.17) is 4.74 Å². The number of hydrogen-bond acceptors (Lipinski definition) is 3. The van der Waals surface area contributed by atoms with Crippen LogP contribution in [0.25, 0.3) is 0 Å². The number of methoxy groups -OCH3 is 1. The largest absolute Gasteiger partial charge is 0.394 e. The maximum atomic E-state index is 9.31. The third-order valence-corrected chi connectivity index (χ3v) is 2.52. The summed E-state index contributed by atoms with van der Waals surface area (Å²) in [6.07, 6.45) is 1.71. The lowest BCUT2D eigenvalue weighted by atomic mass is 10.1. The summed E-state index contributed by atoms with van der Waals surface area (Å²) in [5.41, 5.74) is 1.07. The van der Waals surface area contributed by atoms with Gasteiger partial charge in [0.1, 0.15) is 0 Å². The van der Waals surface area contributed by atoms with Crippen molar-refractivity contribution < 1.29 is 9.84 Å². The number of rotatable bonds is 7. The first-order valence-electron chi connectivity index (χ1n) is 5.36. The van der Waals surface area contributed by atoms with Crippen molar-refractivity contribution in [2.45, 2.75) is 12.1 Å². The van der Waals surface area contributed by atoms with Crippen LogP contribution in [-0.2, 0) is 4.74 Å². The van der Waals surface area contributed by atoms with E-state index in [-0.39, 0.29) is 18.8 Å². The zero-order valence-corrected chi connectivity index (χ0v) is 9.60. The summed E-state index contributed by atoms with van der Waals surface area (Å²) in [5, 5.41) is 12.6. The Hall–Kier alpha value is -1.16. The Morgan fingerprint density at radius 3 is 2.62 bits per heavy atom. The van der Waals surface area contributed by atoms with Gasteiger partial charge in [-0.05, 0) is 5.56 Å². The van der Waals surface area contributed by atoms with Crippen LogP contribution in [0.2, 0.25) is 0 Å². The highest BCUT2D eigenvalue weighted by molar-refractivity contribution is 5.18. The van der Waals surface area contributed by atoms with Gasteiger partial charge in [0.25, 0.3) is 0 Å². The molecule has 0 aromatic heterocycles. The molecule has 0 aliphatic carbocycles. The first kappa shape index (κ1) is 12.9. The van der Waals surface area contributed by atoms with Gasteiger partial charge in [0.2, 0.25) is 0 Å². The number of hydrogen-bond donors (Lipinski definition) is 2. The quantitative estimate of drug-likeness (QED) is 0.686. The van der Waals surface area contributed by atoms with Gasteiger partial charge in [-0.2, -0.15) is 0 Å². The Morgan fingerprint density at radius 2 is 2.12 bits per heavy atom. The summed E-state index contributed by atoms with van der Waals surface area (Å²) >= 11 is 0. The molecule has 1 aromatic carbocycles. The van der Waals surface area contributed by atoms with Crippen LogP contribution in [0.3, 0.4) is 0 Å². The Bertz CT molecular complexity index is 300. The second kappa shape index (κ2) is 7.17. The molecule has 2 atom stereocenters. The summed E-state index contributed by atoms with van der Waals surface area (Å²) in [4.78, 5) is 0. The van der Waals surface area contributed by atoms with Gasteiger partial charge >= 0.3 is 0 Å². The molecular formula is C13H19NO2. The van der Waals surface area contributed by atoms with E-state index in [1.54, 1.807) is 13.2 Å². The van der Waals surface area contributed by atoms with Crippen molar-refractivity contribution in [3.63, 3.8) is 0 Å². The molecule has 3 heteroatoms. The molecule has 0 spiro atoms. The molecule has 0 bridgehead atoms. The first-order chi connectivity index (χ1) is 7.81. The molecule has 3 nitrogen and oxygen atoms in total. The minimum absolute atomic E-state index is 0.0298. The fourth-order valence-corrected chi connectivity index (χ4v) is 1.49. The van der Waals surface area contributed by atoms with E-state index < -0.39 is 0 Å². The lowest BCUT2D eigenvalue weighted by molar-refractivity contribution is 0.131. The summed E-state index contributed by atoms with van der Waals surface area (Å²) in [7, 11) is 1.64. The third kappa shape index (κ3) is 3.77. The molecule has 0 heterocycles. The predicted molar refractivity (Wildman–Crippen MR) is 65.3 cm³/mol. The van der Waals surface area contributed by atoms with Gasteiger partial charge in [-0.1, -0.05) is 36.4 Å². The average molecular weight is 221 g/mol. The Labute approximate surface area is 96.8 Å². The normalized spacial score (nSPS) is 14.4. The highest BCUT2D eigenvalue weighted by Crippen LogP contribution is 2.11. The van der Waals surface area contributed by atoms with Crippen LogP contribution >= 0.6 is 0 Å². The number of ether oxygens (including phenoxy) is 1. The van der Waals surface area contributed by atoms with Gasteiger partial charge in [0.05, 0.1) is 18.8 Å². The Balaban J connectivity index is 2.53. The van der Waals surface area contributed by atoms with Gasteiger partial charge in [0.15, 0.2) is 0 Å². The number of benzene rings is 1. The molecule has 0 aliphatic rings. The maximum absolute atomic E-state index is 9.31. The van der Waals surface area contributed by atoms with Crippen LogP contribution in [0.4, 0.5) is 0 Å². The minimum Gasteiger partial charge on any atom is -0.394 e. The van der Waals surface area contributed by atoms with Crippen LogP contribution in [-0.4, -0.2) is 31.5 Å². The van der Waals surface area contributed by atoms with Gasteiger partial charge in [-0.15, -0.1) is 6.58 Å². The van der Waals surface area contributed by atoms with Gasteiger partial charge in [-0.3, -0.25) is 0 Å². The van der Waals surface area contributed by atoms with Crippen LogP contribution in [0.15, 0.2) is 43.0 Å². The van der Waals surface area contributed by atoms with Crippen molar-refractivity contribution >= 4 is 0 Å². The van der Waals surface area contributed by atoms with Crippen LogP contribution < -0.4 is 5.32 Å². The molecular weight excluding hydrogens is 202 g/mol. The van der Waals surface area contributed by atoms with E-state index in [9.17, 15) is 5.11 Å². The topological polar surface area (TPSA) is 41.5 Å². The molecule has 0 aliphatic heterocycles. The molecule has 1 unspecified atom stereocenters. The standard InChI is InChI=1S/C13H19NO2/c1-3-12(16-2)9-14-13(10-15)11-7-5-4-6-8-11/h3-8,12-15H,1,9-10H2,2H3/t12?,13-/m1/s1. The molecule has 0 fully saturated rings. The van der Waals surface area contributed by atoms with Gasteiger partial charge in [0, 0.05) is 13.7 Å². The second-order valence-corrected chi connectivity index (χ2v) is 3.56. The monoisotopic (exact) mass is 221 g/mol. The SMILES string of the molecule is C=CC(CN[C@H](CO)c1ccccc1)OC. The average Bonchev–Trinajstić information content (AvgIpc) is 2.36. The van der Waals surface area contributed by atoms with Gasteiger partial charge in [-0.25, -0.2) is 0 Å². The molecule has 0 saturated heterocycles. The van der Waals surface area contributed by atoms with E-state index in [1.165, 1.54) is 0 Å². The highest BCUT2D eigenvalue weighted by Gasteiger charge is 2.10. The van der Waals surface area contributed by atoms with Gasteiger partial charge < -0.3 is 15.2 Å². The minimum atomic E-state index is -0.0567. The lowest BCUT2D eigenvalue weighted by Crippen LogP contribution is -2.32. The fourth-order valence-electron chi connectivity index (χ4n) is 1.49. The number of nitrogens with one attached hydrogen (secondary N) is 1. The smallest absolute Gasteiger partial charge is 0.0874 e. The Morgan fingerprint density at radius 1 is 1.44 bits per heavy atom. The second-order valence-electron chi connectivity index (χ2n) is 3.56. The molecule has 1 aromatic rings. The lowest BCUT2D eigenvalue weighted by Gasteiger charge is -2.19. The van der Waals surface area contributed by atoms with Crippen molar-refractivity contribution in [1.82, 2.24) is 5.32 Å². The van der Waals surface area contributed by atoms with E-state index in [1.807, 2.05) is 30.3 Å². The fraction of sp³-hybridized carbons (Fsp3) is 0.385. The molecule has 1 rings (SSSR count). The summed E-state index contributed by atoms with van der Waals surface area (Å²) in [6, 6.07) is 9.80. The van der Waals surface area contributed by atoms with Crippen LogP contribution in [0, 0.1) is 0 Å². The Kier molecular flexibility index (Phi) is 5.78. The summed E-state index contributed by atoms with van der Waals surface area (Å²) in [5.74, 6) is 0. The van der Waals surface area contributed by atoms with E-state index in [0.717, 1.165) is 5.56 Å². The zero-order valence-electron chi connectivity index (χ0n) is 9.60. The van der Waals surface area contributed by atoms with Crippen LogP contribution in [0.5, 0.6) is 0 Å². The van der Waals surface area contributed by atoms with Crippen LogP contribution in [0.1, 0.15) is 11.6 Å². The van der Waals surface area contributed by atoms with Crippen molar-refractivity contribution in [3.05, 3.63) is 48.6 Å². The number of aliphatic hydroxyl groups is 1. The molecule has 2 N–H and O–H groups in total. The van der Waals surface area contributed by atoms with Crippen molar-refractivity contribution in [1.29, 1.82) is 0 Å². The molecule has 0 saturated carbocycles. The first-order valence-corrected chi connectivity index (χ1v) is 5.36. The summed E-state index contributed by atoms with van der Waals surface area (Å²) < 4.78 is 5.17. The highest BCUT2D eigenvalue weighted by atomic mass is 16.5. The van der Waals surface area contributed by atoms with Crippen molar-refractivity contribution in [2.24, 2.45) is 0 Å². The molecule has 0 radical (unpaired) electrons. The predicted octanol–water partition coefficient (Wildman–Crippen LogP) is 1.51.